The smallest absolute Gasteiger partial charge is 0.463 e. The molecule has 0 rings (SSSR count). The summed E-state index contributed by atoms with van der Waals surface area (Å²) in [6.45, 7) is 1.95. The van der Waals surface area contributed by atoms with E-state index in [2.05, 4.69) is 19.1 Å². The van der Waals surface area contributed by atoms with Gasteiger partial charge >= 0.3 is 13.8 Å². The van der Waals surface area contributed by atoms with Gasteiger partial charge < -0.3 is 19.2 Å². The fourth-order valence-electron chi connectivity index (χ4n) is 3.36. The molecule has 0 bridgehead atoms. The molecule has 0 amide bonds. The van der Waals surface area contributed by atoms with E-state index in [1.54, 1.807) is 0 Å². The number of phosphoric ester groups is 1. The van der Waals surface area contributed by atoms with Crippen molar-refractivity contribution in [2.45, 2.75) is 103 Å². The molecule has 0 radical (unpaired) electrons. The van der Waals surface area contributed by atoms with Gasteiger partial charge in [-0.2, -0.15) is 0 Å². The summed E-state index contributed by atoms with van der Waals surface area (Å²) in [7, 11) is 1.46. The minimum absolute atomic E-state index is 0.0324. The number of quaternary nitrogens is 1. The van der Waals surface area contributed by atoms with Crippen molar-refractivity contribution in [1.29, 1.82) is 0 Å². The Hall–Kier alpha value is -0.760. The molecule has 208 valence electrons. The molecule has 0 aliphatic heterocycles. The maximum atomic E-state index is 12.0. The highest BCUT2D eigenvalue weighted by atomic mass is 31.2. The van der Waals surface area contributed by atoms with Gasteiger partial charge in [0.1, 0.15) is 25.9 Å². The Kier molecular flexibility index (Phi) is 20.9. The molecule has 2 atom stereocenters. The molecule has 0 aromatic rings. The van der Waals surface area contributed by atoms with Gasteiger partial charge in [0.05, 0.1) is 27.7 Å². The number of aliphatic hydroxyl groups is 1. The van der Waals surface area contributed by atoms with Crippen LogP contribution in [-0.4, -0.2) is 74.1 Å². The third-order valence-corrected chi connectivity index (χ3v) is 6.65. The predicted molar refractivity (Wildman–Crippen MR) is 141 cm³/mol. The lowest BCUT2D eigenvalue weighted by molar-refractivity contribution is -0.870. The van der Waals surface area contributed by atoms with Gasteiger partial charge in [-0.3, -0.25) is 13.8 Å². The largest absolute Gasteiger partial charge is 0.472 e. The number of unbranched alkanes of at least 4 members (excludes halogenated alkanes) is 11. The summed E-state index contributed by atoms with van der Waals surface area (Å²) in [6, 6.07) is 0. The number of phosphoric acid groups is 1. The van der Waals surface area contributed by atoms with E-state index in [1.165, 1.54) is 51.4 Å². The Bertz CT molecular complexity index is 593. The third-order valence-electron chi connectivity index (χ3n) is 5.58. The van der Waals surface area contributed by atoms with Crippen molar-refractivity contribution in [2.24, 2.45) is 0 Å². The first-order valence-corrected chi connectivity index (χ1v) is 15.0. The monoisotopic (exact) mass is 522 g/mol. The zero-order chi connectivity index (χ0) is 26.4. The number of carbonyl (C=O) groups excluding carboxylic acids is 1. The normalized spacial score (nSPS) is 14.8. The highest BCUT2D eigenvalue weighted by Crippen LogP contribution is 2.44. The minimum atomic E-state index is -4.33. The summed E-state index contributed by atoms with van der Waals surface area (Å²) in [5.41, 5.74) is 0. The molecule has 0 aromatic carbocycles. The number of hydrogen-bond acceptors (Lipinski definition) is 6. The van der Waals surface area contributed by atoms with Crippen LogP contribution in [0.3, 0.4) is 0 Å². The molecule has 35 heavy (non-hydrogen) atoms. The summed E-state index contributed by atoms with van der Waals surface area (Å²) < 4.78 is 27.5. The fourth-order valence-corrected chi connectivity index (χ4v) is 4.24. The van der Waals surface area contributed by atoms with Crippen LogP contribution in [0.4, 0.5) is 0 Å². The van der Waals surface area contributed by atoms with Crippen molar-refractivity contribution in [3.8, 4) is 0 Å². The lowest BCUT2D eigenvalue weighted by atomic mass is 10.1. The lowest BCUT2D eigenvalue weighted by Crippen LogP contribution is -2.37. The van der Waals surface area contributed by atoms with Crippen LogP contribution in [0.5, 0.6) is 0 Å². The highest BCUT2D eigenvalue weighted by molar-refractivity contribution is 7.47. The maximum Gasteiger partial charge on any atom is 0.472 e. The summed E-state index contributed by atoms with van der Waals surface area (Å²) in [5, 5.41) is 9.36. The van der Waals surface area contributed by atoms with Gasteiger partial charge in [0.25, 0.3) is 0 Å². The molecule has 9 heteroatoms. The molecular formula is C26H53NO7P+. The van der Waals surface area contributed by atoms with Gasteiger partial charge in [-0.25, -0.2) is 4.57 Å². The van der Waals surface area contributed by atoms with Crippen LogP contribution < -0.4 is 0 Å². The van der Waals surface area contributed by atoms with Gasteiger partial charge in [0.2, 0.25) is 0 Å². The lowest BCUT2D eigenvalue weighted by Gasteiger charge is -2.24. The van der Waals surface area contributed by atoms with Crippen molar-refractivity contribution in [3.05, 3.63) is 12.2 Å². The molecule has 8 nitrogen and oxygen atoms in total. The number of ether oxygens (including phenoxy) is 1. The van der Waals surface area contributed by atoms with Crippen molar-refractivity contribution in [1.82, 2.24) is 0 Å². The Labute approximate surface area is 214 Å². The van der Waals surface area contributed by atoms with Gasteiger partial charge in [-0.05, 0) is 32.1 Å². The quantitative estimate of drug-likeness (QED) is 0.0546. The molecule has 0 aromatic heterocycles. The third kappa shape index (κ3) is 24.7. The molecule has 0 spiro atoms. The molecule has 0 aliphatic rings. The van der Waals surface area contributed by atoms with Gasteiger partial charge in [0.15, 0.2) is 0 Å². The number of hydrogen-bond donors (Lipinski definition) is 2. The van der Waals surface area contributed by atoms with E-state index >= 15 is 0 Å². The molecule has 2 N–H and O–H groups in total. The Morgan fingerprint density at radius 3 is 2.00 bits per heavy atom. The first-order chi connectivity index (χ1) is 16.6. The second-order valence-corrected chi connectivity index (χ2v) is 11.6. The van der Waals surface area contributed by atoms with Crippen LogP contribution in [0.1, 0.15) is 96.8 Å². The Morgan fingerprint density at radius 2 is 1.46 bits per heavy atom. The van der Waals surface area contributed by atoms with E-state index in [-0.39, 0.29) is 19.6 Å². The topological polar surface area (TPSA) is 102 Å². The Morgan fingerprint density at radius 1 is 0.914 bits per heavy atom. The van der Waals surface area contributed by atoms with E-state index in [9.17, 15) is 19.4 Å². The van der Waals surface area contributed by atoms with E-state index in [0.717, 1.165) is 32.1 Å². The van der Waals surface area contributed by atoms with Crippen LogP contribution in [-0.2, 0) is 23.1 Å². The molecule has 0 aliphatic carbocycles. The number of nitrogens with zero attached hydrogens (tertiary/aromatic N) is 1. The SMILES string of the molecule is CCCCCCCCC=CCCCCCCCC(=O)OC[C@H](CO)OP(=O)(O)OCC[N+](C)(C)C. The standard InChI is InChI=1S/C26H52NO7P/c1-5-6-7-8-9-10-11-12-13-14-15-16-17-18-19-20-26(29)32-24-25(23-28)34-35(30,31)33-22-21-27(2,3)4/h12-13,25,28H,5-11,14-24H2,1-4H3/p+1/t25-/m0/s1. The van der Waals surface area contributed by atoms with E-state index < -0.39 is 26.5 Å². The summed E-state index contributed by atoms with van der Waals surface area (Å²) >= 11 is 0. The zero-order valence-electron chi connectivity index (χ0n) is 22.8. The first-order valence-electron chi connectivity index (χ1n) is 13.5. The highest BCUT2D eigenvalue weighted by Gasteiger charge is 2.28. The summed E-state index contributed by atoms with van der Waals surface area (Å²) in [4.78, 5) is 21.7. The fraction of sp³-hybridized carbons (Fsp3) is 0.885. The average Bonchev–Trinajstić information content (AvgIpc) is 2.78. The number of carbonyl (C=O) groups is 1. The number of aliphatic hydroxyl groups excluding tert-OH is 1. The minimum Gasteiger partial charge on any atom is -0.463 e. The molecular weight excluding hydrogens is 469 g/mol. The number of allylic oxidation sites excluding steroid dienone is 2. The summed E-state index contributed by atoms with van der Waals surface area (Å²) in [6.07, 6.45) is 19.2. The Balaban J connectivity index is 3.73. The molecule has 0 saturated carbocycles. The van der Waals surface area contributed by atoms with Crippen LogP contribution in [0, 0.1) is 0 Å². The molecule has 0 heterocycles. The van der Waals surface area contributed by atoms with Gasteiger partial charge in [-0.1, -0.05) is 70.4 Å². The summed E-state index contributed by atoms with van der Waals surface area (Å²) in [5.74, 6) is -0.400. The van der Waals surface area contributed by atoms with Gasteiger partial charge in [0, 0.05) is 6.42 Å². The van der Waals surface area contributed by atoms with Crippen molar-refractivity contribution in [2.75, 3.05) is 47.5 Å². The van der Waals surface area contributed by atoms with Crippen LogP contribution in [0.15, 0.2) is 12.2 Å². The van der Waals surface area contributed by atoms with Crippen molar-refractivity contribution < 1.29 is 37.6 Å². The molecule has 0 fully saturated rings. The number of esters is 1. The first kappa shape index (κ1) is 34.2. The van der Waals surface area contributed by atoms with Crippen LogP contribution in [0.25, 0.3) is 0 Å². The van der Waals surface area contributed by atoms with E-state index in [4.69, 9.17) is 13.8 Å². The number of rotatable bonds is 24. The van der Waals surface area contributed by atoms with Crippen molar-refractivity contribution >= 4 is 13.8 Å². The predicted octanol–water partition coefficient (Wildman–Crippen LogP) is 5.77. The number of likely N-dealkylation sites (N-methyl/N-ethyl adjacent to an activating group) is 1. The van der Waals surface area contributed by atoms with E-state index in [0.29, 0.717) is 11.0 Å². The second kappa shape index (κ2) is 21.3. The van der Waals surface area contributed by atoms with Crippen LogP contribution >= 0.6 is 7.82 Å². The van der Waals surface area contributed by atoms with Crippen LogP contribution in [0.2, 0.25) is 0 Å². The van der Waals surface area contributed by atoms with E-state index in [1.807, 2.05) is 21.1 Å². The molecule has 1 unspecified atom stereocenters. The van der Waals surface area contributed by atoms with Gasteiger partial charge in [-0.15, -0.1) is 0 Å². The molecule has 0 saturated heterocycles. The maximum absolute atomic E-state index is 12.0. The second-order valence-electron chi connectivity index (χ2n) is 10.2. The average molecular weight is 523 g/mol. The zero-order valence-corrected chi connectivity index (χ0v) is 23.7. The van der Waals surface area contributed by atoms with Crippen molar-refractivity contribution in [3.63, 3.8) is 0 Å².